The molecule has 4 nitrogen and oxygen atoms in total. The van der Waals surface area contributed by atoms with Crippen LogP contribution in [0, 0.1) is 0 Å². The fraction of sp³-hybridized carbons (Fsp3) is 0.800. The lowest BCUT2D eigenvalue weighted by Crippen LogP contribution is -2.29. The summed E-state index contributed by atoms with van der Waals surface area (Å²) in [6, 6.07) is -0.0837. The van der Waals surface area contributed by atoms with E-state index in [2.05, 4.69) is 29.5 Å². The molecule has 1 aliphatic heterocycles. The number of aliphatic imine (C=N–C) groups is 1. The average Bonchev–Trinajstić information content (AvgIpc) is 2.57. The Labute approximate surface area is 95.3 Å². The summed E-state index contributed by atoms with van der Waals surface area (Å²) in [4.78, 5) is 15.7. The van der Waals surface area contributed by atoms with Gasteiger partial charge < -0.3 is 5.32 Å². The van der Waals surface area contributed by atoms with Crippen molar-refractivity contribution in [2.24, 2.45) is 4.99 Å². The molecule has 5 heteroatoms. The van der Waals surface area contributed by atoms with Crippen LogP contribution in [0.15, 0.2) is 4.99 Å². The largest absolute Gasteiger partial charge is 0.344 e. The molecule has 1 fully saturated rings. The average molecular weight is 229 g/mol. The molecule has 1 aliphatic rings. The minimum absolute atomic E-state index is 0.0570. The maximum atomic E-state index is 11.5. The lowest BCUT2D eigenvalue weighted by molar-refractivity contribution is -0.120. The van der Waals surface area contributed by atoms with Crippen LogP contribution in [0.3, 0.4) is 0 Å². The Morgan fingerprint density at radius 3 is 2.93 bits per heavy atom. The lowest BCUT2D eigenvalue weighted by Gasteiger charge is -2.05. The first-order valence-corrected chi connectivity index (χ1v) is 6.63. The highest BCUT2D eigenvalue weighted by Crippen LogP contribution is 2.06. The van der Waals surface area contributed by atoms with Crippen LogP contribution >= 0.6 is 11.8 Å². The molecule has 0 saturated carbocycles. The molecule has 0 aromatic heterocycles. The normalized spacial score (nSPS) is 22.9. The highest BCUT2D eigenvalue weighted by atomic mass is 32.2. The van der Waals surface area contributed by atoms with E-state index in [-0.39, 0.29) is 11.9 Å². The number of hydrogen-bond donors (Lipinski definition) is 2. The van der Waals surface area contributed by atoms with E-state index in [4.69, 9.17) is 0 Å². The third-order valence-electron chi connectivity index (χ3n) is 2.12. The summed E-state index contributed by atoms with van der Waals surface area (Å²) in [5.41, 5.74) is 0. The van der Waals surface area contributed by atoms with Crippen molar-refractivity contribution in [3.05, 3.63) is 0 Å². The van der Waals surface area contributed by atoms with Gasteiger partial charge in [-0.25, -0.2) is 0 Å². The van der Waals surface area contributed by atoms with E-state index in [1.807, 2.05) is 11.8 Å². The summed E-state index contributed by atoms with van der Waals surface area (Å²) in [6.07, 6.45) is 1.87. The Hall–Kier alpha value is -0.710. The monoisotopic (exact) mass is 229 g/mol. The molecule has 0 aromatic rings. The smallest absolute Gasteiger partial charge is 0.249 e. The Morgan fingerprint density at radius 2 is 2.27 bits per heavy atom. The summed E-state index contributed by atoms with van der Waals surface area (Å²) in [5.74, 6) is 2.82. The van der Waals surface area contributed by atoms with Crippen molar-refractivity contribution >= 4 is 23.6 Å². The maximum Gasteiger partial charge on any atom is 0.249 e. The number of thioether (sulfide) groups is 1. The fourth-order valence-corrected chi connectivity index (χ4v) is 2.02. The van der Waals surface area contributed by atoms with E-state index in [9.17, 15) is 4.79 Å². The number of hydrogen-bond acceptors (Lipinski definition) is 3. The molecule has 0 aromatic carbocycles. The van der Waals surface area contributed by atoms with Crippen LogP contribution in [-0.2, 0) is 4.79 Å². The Balaban J connectivity index is 2.32. The standard InChI is InChI=1S/C10H19N3OS/c1-3-6-11-10-12-8(9(14)13-10)5-7-15-4-2/h8H,3-7H2,1-2H3,(H2,11,12,13,14). The van der Waals surface area contributed by atoms with E-state index >= 15 is 0 Å². The van der Waals surface area contributed by atoms with Gasteiger partial charge in [0.25, 0.3) is 0 Å². The highest BCUT2D eigenvalue weighted by Gasteiger charge is 2.27. The van der Waals surface area contributed by atoms with Gasteiger partial charge in [0.1, 0.15) is 6.04 Å². The second-order valence-electron chi connectivity index (χ2n) is 3.40. The molecule has 0 spiro atoms. The molecule has 1 unspecified atom stereocenters. The van der Waals surface area contributed by atoms with Gasteiger partial charge in [-0.1, -0.05) is 13.8 Å². The number of rotatable bonds is 6. The maximum absolute atomic E-state index is 11.5. The van der Waals surface area contributed by atoms with Crippen LogP contribution in [0.5, 0.6) is 0 Å². The molecule has 2 N–H and O–H groups in total. The number of carbonyl (C=O) groups is 1. The van der Waals surface area contributed by atoms with Crippen molar-refractivity contribution < 1.29 is 4.79 Å². The SMILES string of the molecule is CCCN=C1NC(=O)C(CCSCC)N1. The van der Waals surface area contributed by atoms with Gasteiger partial charge in [0, 0.05) is 6.54 Å². The number of guanidine groups is 1. The third kappa shape index (κ3) is 4.11. The van der Waals surface area contributed by atoms with Gasteiger partial charge in [-0.05, 0) is 24.3 Å². The van der Waals surface area contributed by atoms with Crippen LogP contribution in [0.25, 0.3) is 0 Å². The Morgan fingerprint density at radius 1 is 1.47 bits per heavy atom. The molecule has 1 amide bonds. The van der Waals surface area contributed by atoms with Gasteiger partial charge in [0.05, 0.1) is 0 Å². The molecule has 0 radical (unpaired) electrons. The number of carbonyl (C=O) groups excluding carboxylic acids is 1. The quantitative estimate of drug-likeness (QED) is 0.668. The molecular weight excluding hydrogens is 210 g/mol. The predicted molar refractivity (Wildman–Crippen MR) is 65.3 cm³/mol. The fourth-order valence-electron chi connectivity index (χ4n) is 1.33. The zero-order valence-electron chi connectivity index (χ0n) is 9.38. The van der Waals surface area contributed by atoms with Gasteiger partial charge in [0.15, 0.2) is 5.96 Å². The summed E-state index contributed by atoms with van der Waals surface area (Å²) in [6.45, 7) is 4.95. The molecule has 1 heterocycles. The van der Waals surface area contributed by atoms with Crippen molar-refractivity contribution in [2.75, 3.05) is 18.1 Å². The van der Waals surface area contributed by atoms with Crippen molar-refractivity contribution in [3.8, 4) is 0 Å². The van der Waals surface area contributed by atoms with Gasteiger partial charge in [-0.15, -0.1) is 0 Å². The van der Waals surface area contributed by atoms with E-state index in [1.54, 1.807) is 0 Å². The zero-order chi connectivity index (χ0) is 11.1. The first-order chi connectivity index (χ1) is 7.27. The van der Waals surface area contributed by atoms with Crippen molar-refractivity contribution in [3.63, 3.8) is 0 Å². The minimum Gasteiger partial charge on any atom is -0.344 e. The molecular formula is C10H19N3OS. The summed E-state index contributed by atoms with van der Waals surface area (Å²) in [7, 11) is 0. The molecule has 1 rings (SSSR count). The van der Waals surface area contributed by atoms with Crippen molar-refractivity contribution in [1.29, 1.82) is 0 Å². The van der Waals surface area contributed by atoms with Crippen LogP contribution in [0.2, 0.25) is 0 Å². The van der Waals surface area contributed by atoms with E-state index in [0.29, 0.717) is 5.96 Å². The zero-order valence-corrected chi connectivity index (χ0v) is 10.2. The van der Waals surface area contributed by atoms with Crippen LogP contribution in [-0.4, -0.2) is 36.0 Å². The molecule has 1 saturated heterocycles. The predicted octanol–water partition coefficient (Wildman–Crippen LogP) is 0.984. The van der Waals surface area contributed by atoms with Crippen molar-refractivity contribution in [1.82, 2.24) is 10.6 Å². The first-order valence-electron chi connectivity index (χ1n) is 5.47. The second-order valence-corrected chi connectivity index (χ2v) is 4.80. The lowest BCUT2D eigenvalue weighted by atomic mass is 10.2. The summed E-state index contributed by atoms with van der Waals surface area (Å²) >= 11 is 1.86. The van der Waals surface area contributed by atoms with Gasteiger partial charge in [-0.2, -0.15) is 11.8 Å². The van der Waals surface area contributed by atoms with Gasteiger partial charge >= 0.3 is 0 Å². The van der Waals surface area contributed by atoms with Crippen LogP contribution in [0.1, 0.15) is 26.7 Å². The molecule has 86 valence electrons. The molecule has 0 aliphatic carbocycles. The molecule has 0 bridgehead atoms. The van der Waals surface area contributed by atoms with E-state index in [1.165, 1.54) is 0 Å². The molecule has 15 heavy (non-hydrogen) atoms. The number of nitrogens with zero attached hydrogens (tertiary/aromatic N) is 1. The van der Waals surface area contributed by atoms with Crippen LogP contribution < -0.4 is 10.6 Å². The van der Waals surface area contributed by atoms with E-state index < -0.39 is 0 Å². The molecule has 1 atom stereocenters. The highest BCUT2D eigenvalue weighted by molar-refractivity contribution is 7.99. The topological polar surface area (TPSA) is 53.5 Å². The second kappa shape index (κ2) is 6.71. The van der Waals surface area contributed by atoms with Crippen molar-refractivity contribution in [2.45, 2.75) is 32.7 Å². The summed E-state index contributed by atoms with van der Waals surface area (Å²) < 4.78 is 0. The first kappa shape index (κ1) is 12.4. The Kier molecular flexibility index (Phi) is 5.53. The van der Waals surface area contributed by atoms with Gasteiger partial charge in [-0.3, -0.25) is 15.1 Å². The number of nitrogens with one attached hydrogen (secondary N) is 2. The third-order valence-corrected chi connectivity index (χ3v) is 3.05. The van der Waals surface area contributed by atoms with Crippen LogP contribution in [0.4, 0.5) is 0 Å². The minimum atomic E-state index is -0.0837. The number of amides is 1. The summed E-state index contributed by atoms with van der Waals surface area (Å²) in [5, 5.41) is 5.87. The van der Waals surface area contributed by atoms with E-state index in [0.717, 1.165) is 30.9 Å². The Bertz CT molecular complexity index is 243. The van der Waals surface area contributed by atoms with Gasteiger partial charge in [0.2, 0.25) is 5.91 Å².